The summed E-state index contributed by atoms with van der Waals surface area (Å²) in [5, 5.41) is 17.1. The highest BCUT2D eigenvalue weighted by Gasteiger charge is 2.15. The van der Waals surface area contributed by atoms with Crippen LogP contribution in [0.15, 0.2) is 0 Å². The number of carbonyl (C=O) groups excluding carboxylic acids is 2. The molecule has 0 aliphatic carbocycles. The molecule has 0 rings (SSSR count). The van der Waals surface area contributed by atoms with Gasteiger partial charge >= 0.3 is 0 Å². The van der Waals surface area contributed by atoms with Gasteiger partial charge in [0.15, 0.2) is 5.78 Å². The summed E-state index contributed by atoms with van der Waals surface area (Å²) < 4.78 is 0. The molecule has 64 valence electrons. The SMILES string of the molecule is CCC(=O)C(=O)CC(O)CO. The number of aliphatic hydroxyl groups excluding tert-OH is 2. The lowest BCUT2D eigenvalue weighted by atomic mass is 10.1. The molecule has 1 unspecified atom stereocenters. The van der Waals surface area contributed by atoms with Crippen molar-refractivity contribution < 1.29 is 19.8 Å². The van der Waals surface area contributed by atoms with E-state index in [0.717, 1.165) is 0 Å². The van der Waals surface area contributed by atoms with Crippen LogP contribution >= 0.6 is 0 Å². The fourth-order valence-electron chi connectivity index (χ4n) is 0.590. The quantitative estimate of drug-likeness (QED) is 0.520. The van der Waals surface area contributed by atoms with Crippen LogP contribution in [0.25, 0.3) is 0 Å². The van der Waals surface area contributed by atoms with Crippen molar-refractivity contribution in [2.24, 2.45) is 0 Å². The van der Waals surface area contributed by atoms with Crippen molar-refractivity contribution in [2.45, 2.75) is 25.9 Å². The lowest BCUT2D eigenvalue weighted by Gasteiger charge is -2.03. The van der Waals surface area contributed by atoms with Crippen LogP contribution in [0.4, 0.5) is 0 Å². The van der Waals surface area contributed by atoms with E-state index in [-0.39, 0.29) is 12.8 Å². The van der Waals surface area contributed by atoms with Gasteiger partial charge in [0, 0.05) is 12.8 Å². The van der Waals surface area contributed by atoms with Crippen LogP contribution in [-0.2, 0) is 9.59 Å². The second-order valence-corrected chi connectivity index (χ2v) is 2.24. The van der Waals surface area contributed by atoms with E-state index in [2.05, 4.69) is 0 Å². The van der Waals surface area contributed by atoms with Crippen molar-refractivity contribution >= 4 is 11.6 Å². The maximum absolute atomic E-state index is 10.7. The van der Waals surface area contributed by atoms with E-state index in [1.54, 1.807) is 6.92 Å². The van der Waals surface area contributed by atoms with Crippen LogP contribution in [0, 0.1) is 0 Å². The van der Waals surface area contributed by atoms with Crippen molar-refractivity contribution in [3.63, 3.8) is 0 Å². The average molecular weight is 160 g/mol. The zero-order valence-electron chi connectivity index (χ0n) is 6.41. The molecule has 0 aromatic carbocycles. The molecule has 1 atom stereocenters. The van der Waals surface area contributed by atoms with E-state index in [9.17, 15) is 9.59 Å². The molecule has 0 amide bonds. The van der Waals surface area contributed by atoms with Crippen molar-refractivity contribution in [1.82, 2.24) is 0 Å². The van der Waals surface area contributed by atoms with Crippen molar-refractivity contribution in [3.05, 3.63) is 0 Å². The minimum atomic E-state index is -1.10. The van der Waals surface area contributed by atoms with E-state index in [1.165, 1.54) is 0 Å². The van der Waals surface area contributed by atoms with Gasteiger partial charge in [0.1, 0.15) is 0 Å². The van der Waals surface area contributed by atoms with Gasteiger partial charge in [-0.25, -0.2) is 0 Å². The Hall–Kier alpha value is -0.740. The second kappa shape index (κ2) is 4.98. The number of Topliss-reactive ketones (excluding diaryl/α,β-unsaturated/α-hetero) is 2. The molecular formula is C7H12O4. The summed E-state index contributed by atoms with van der Waals surface area (Å²) in [6.45, 7) is 1.09. The molecule has 0 spiro atoms. The molecule has 0 saturated carbocycles. The molecule has 0 aromatic rings. The molecule has 0 radical (unpaired) electrons. The fourth-order valence-corrected chi connectivity index (χ4v) is 0.590. The highest BCUT2D eigenvalue weighted by Crippen LogP contribution is 1.94. The number of aliphatic hydroxyl groups is 2. The number of carbonyl (C=O) groups is 2. The Morgan fingerprint density at radius 2 is 1.91 bits per heavy atom. The number of hydrogen-bond donors (Lipinski definition) is 2. The van der Waals surface area contributed by atoms with Gasteiger partial charge in [-0.1, -0.05) is 6.92 Å². The third-order valence-corrected chi connectivity index (χ3v) is 1.26. The van der Waals surface area contributed by atoms with Gasteiger partial charge in [-0.15, -0.1) is 0 Å². The van der Waals surface area contributed by atoms with Gasteiger partial charge in [-0.2, -0.15) is 0 Å². The van der Waals surface area contributed by atoms with Gasteiger partial charge < -0.3 is 10.2 Å². The Bertz CT molecular complexity index is 153. The van der Waals surface area contributed by atoms with Gasteiger partial charge in [0.2, 0.25) is 5.78 Å². The minimum absolute atomic E-state index is 0.150. The van der Waals surface area contributed by atoms with E-state index in [0.29, 0.717) is 0 Å². The predicted octanol–water partition coefficient (Wildman–Crippen LogP) is -0.722. The summed E-state index contributed by atoms with van der Waals surface area (Å²) in [6.07, 6.45) is -1.22. The molecule has 11 heavy (non-hydrogen) atoms. The van der Waals surface area contributed by atoms with Crippen LogP contribution in [0.5, 0.6) is 0 Å². The predicted molar refractivity (Wildman–Crippen MR) is 38.0 cm³/mol. The molecule has 2 N–H and O–H groups in total. The first-order valence-electron chi connectivity index (χ1n) is 3.46. The molecule has 0 saturated heterocycles. The molecular weight excluding hydrogens is 148 g/mol. The molecule has 0 fully saturated rings. The molecule has 4 nitrogen and oxygen atoms in total. The van der Waals surface area contributed by atoms with E-state index < -0.39 is 24.3 Å². The highest BCUT2D eigenvalue weighted by molar-refractivity contribution is 6.37. The maximum Gasteiger partial charge on any atom is 0.201 e. The Morgan fingerprint density at radius 1 is 1.36 bits per heavy atom. The van der Waals surface area contributed by atoms with E-state index >= 15 is 0 Å². The van der Waals surface area contributed by atoms with Crippen molar-refractivity contribution in [2.75, 3.05) is 6.61 Å². The summed E-state index contributed by atoms with van der Waals surface area (Å²) in [6, 6.07) is 0. The Labute approximate surface area is 64.8 Å². The smallest absolute Gasteiger partial charge is 0.201 e. The molecule has 0 heterocycles. The first kappa shape index (κ1) is 10.3. The maximum atomic E-state index is 10.7. The zero-order chi connectivity index (χ0) is 8.85. The Balaban J connectivity index is 3.77. The average Bonchev–Trinajstić information content (AvgIpc) is 2.02. The van der Waals surface area contributed by atoms with Crippen molar-refractivity contribution in [3.8, 4) is 0 Å². The summed E-state index contributed by atoms with van der Waals surface area (Å²) in [4.78, 5) is 21.3. The summed E-state index contributed by atoms with van der Waals surface area (Å²) in [5.41, 5.74) is 0. The van der Waals surface area contributed by atoms with Crippen LogP contribution in [0.1, 0.15) is 19.8 Å². The third kappa shape index (κ3) is 3.85. The highest BCUT2D eigenvalue weighted by atomic mass is 16.3. The van der Waals surface area contributed by atoms with E-state index in [1.807, 2.05) is 0 Å². The molecule has 4 heteroatoms. The minimum Gasteiger partial charge on any atom is -0.394 e. The standard InChI is InChI=1S/C7H12O4/c1-2-6(10)7(11)3-5(9)4-8/h5,8-9H,2-4H2,1H3. The largest absolute Gasteiger partial charge is 0.394 e. The number of hydrogen-bond acceptors (Lipinski definition) is 4. The normalized spacial score (nSPS) is 12.6. The molecule has 0 aromatic heterocycles. The molecule has 0 aliphatic rings. The molecule has 0 bridgehead atoms. The second-order valence-electron chi connectivity index (χ2n) is 2.24. The zero-order valence-corrected chi connectivity index (χ0v) is 6.41. The van der Waals surface area contributed by atoms with Gasteiger partial charge in [0.25, 0.3) is 0 Å². The summed E-state index contributed by atoms with van der Waals surface area (Å²) in [5.74, 6) is -1.12. The third-order valence-electron chi connectivity index (χ3n) is 1.26. The summed E-state index contributed by atoms with van der Waals surface area (Å²) in [7, 11) is 0. The lowest BCUT2D eigenvalue weighted by molar-refractivity contribution is -0.137. The van der Waals surface area contributed by atoms with Gasteiger partial charge in [-0.3, -0.25) is 9.59 Å². The van der Waals surface area contributed by atoms with Gasteiger partial charge in [0.05, 0.1) is 12.7 Å². The monoisotopic (exact) mass is 160 g/mol. The van der Waals surface area contributed by atoms with E-state index in [4.69, 9.17) is 10.2 Å². The Morgan fingerprint density at radius 3 is 2.27 bits per heavy atom. The Kier molecular flexibility index (Phi) is 4.65. The fraction of sp³-hybridized carbons (Fsp3) is 0.714. The topological polar surface area (TPSA) is 74.6 Å². The van der Waals surface area contributed by atoms with Crippen LogP contribution in [0.2, 0.25) is 0 Å². The van der Waals surface area contributed by atoms with Crippen LogP contribution < -0.4 is 0 Å². The first-order chi connectivity index (χ1) is 5.11. The van der Waals surface area contributed by atoms with Gasteiger partial charge in [-0.05, 0) is 0 Å². The first-order valence-corrected chi connectivity index (χ1v) is 3.46. The summed E-state index contributed by atoms with van der Waals surface area (Å²) >= 11 is 0. The van der Waals surface area contributed by atoms with Crippen LogP contribution in [0.3, 0.4) is 0 Å². The number of rotatable bonds is 5. The van der Waals surface area contributed by atoms with Crippen molar-refractivity contribution in [1.29, 1.82) is 0 Å². The molecule has 0 aliphatic heterocycles. The van der Waals surface area contributed by atoms with Crippen LogP contribution in [-0.4, -0.2) is 34.5 Å². The lowest BCUT2D eigenvalue weighted by Crippen LogP contribution is -2.22. The number of ketones is 2.